The van der Waals surface area contributed by atoms with Gasteiger partial charge in [0, 0.05) is 0 Å². The first-order valence-electron chi connectivity index (χ1n) is 6.05. The molecule has 0 bridgehead atoms. The molecule has 0 spiro atoms. The summed E-state index contributed by atoms with van der Waals surface area (Å²) < 4.78 is 5.21. The number of hydrogen-bond donors (Lipinski definition) is 0. The van der Waals surface area contributed by atoms with E-state index in [9.17, 15) is 4.79 Å². The maximum Gasteiger partial charge on any atom is 0.434 e. The van der Waals surface area contributed by atoms with E-state index < -0.39 is 6.09 Å². The molecule has 2 unspecified atom stereocenters. The zero-order chi connectivity index (χ0) is 12.6. The monoisotopic (exact) mass is 245 g/mol. The number of rotatable bonds is 2. The minimum Gasteiger partial charge on any atom is -0.443 e. The number of amides is 1. The van der Waals surface area contributed by atoms with Gasteiger partial charge < -0.3 is 4.74 Å². The molecule has 2 atom stereocenters. The number of fused-ring (bicyclic) bond motifs is 1. The second-order valence-electron chi connectivity index (χ2n) is 4.85. The largest absolute Gasteiger partial charge is 0.443 e. The highest BCUT2D eigenvalue weighted by Crippen LogP contribution is 2.41. The van der Waals surface area contributed by atoms with Crippen molar-refractivity contribution < 1.29 is 14.4 Å². The van der Waals surface area contributed by atoms with Crippen molar-refractivity contribution >= 4 is 6.09 Å². The van der Waals surface area contributed by atoms with Gasteiger partial charge in [0.25, 0.3) is 0 Å². The molecule has 0 aromatic heterocycles. The minimum absolute atomic E-state index is 0.0146. The lowest BCUT2D eigenvalue weighted by Crippen LogP contribution is -2.65. The fourth-order valence-electron chi connectivity index (χ4n) is 2.34. The maximum atomic E-state index is 11.8. The fourth-order valence-corrected chi connectivity index (χ4v) is 2.34. The van der Waals surface area contributed by atoms with Crippen LogP contribution in [0.4, 0.5) is 4.79 Å². The Morgan fingerprint density at radius 2 is 2.28 bits per heavy atom. The molecule has 1 aliphatic carbocycles. The summed E-state index contributed by atoms with van der Waals surface area (Å²) >= 11 is 0. The Hall–Kier alpha value is -1.81. The summed E-state index contributed by atoms with van der Waals surface area (Å²) in [5.41, 5.74) is 0.724. The van der Waals surface area contributed by atoms with Crippen LogP contribution in [0.1, 0.15) is 18.9 Å². The first-order valence-corrected chi connectivity index (χ1v) is 6.05. The highest BCUT2D eigenvalue weighted by atomic mass is 16.8. The van der Waals surface area contributed by atoms with Crippen LogP contribution in [0.5, 0.6) is 0 Å². The van der Waals surface area contributed by atoms with Gasteiger partial charge in [-0.15, -0.1) is 0 Å². The quantitative estimate of drug-likeness (QED) is 0.752. The lowest BCUT2D eigenvalue weighted by atomic mass is 9.96. The first kappa shape index (κ1) is 11.3. The van der Waals surface area contributed by atoms with Crippen LogP contribution in [0.15, 0.2) is 42.5 Å². The number of carbonyl (C=O) groups excluding carboxylic acids is 1. The summed E-state index contributed by atoms with van der Waals surface area (Å²) in [4.78, 5) is 17.3. The topological polar surface area (TPSA) is 38.8 Å². The van der Waals surface area contributed by atoms with Gasteiger partial charge in [0.2, 0.25) is 0 Å². The van der Waals surface area contributed by atoms with Crippen molar-refractivity contribution in [2.45, 2.75) is 31.6 Å². The zero-order valence-electron chi connectivity index (χ0n) is 10.2. The van der Waals surface area contributed by atoms with Gasteiger partial charge in [0.15, 0.2) is 0 Å². The molecular formula is C14H15NO3. The number of hydrogen-bond acceptors (Lipinski definition) is 3. The highest BCUT2D eigenvalue weighted by molar-refractivity contribution is 5.68. The van der Waals surface area contributed by atoms with Crippen LogP contribution in [-0.2, 0) is 16.2 Å². The van der Waals surface area contributed by atoms with E-state index in [1.165, 1.54) is 5.06 Å². The maximum absolute atomic E-state index is 11.8. The minimum atomic E-state index is -0.423. The molecule has 3 rings (SSSR count). The van der Waals surface area contributed by atoms with Gasteiger partial charge in [-0.3, -0.25) is 4.84 Å². The Labute approximate surface area is 106 Å². The van der Waals surface area contributed by atoms with Crippen LogP contribution >= 0.6 is 0 Å². The van der Waals surface area contributed by atoms with Gasteiger partial charge in [-0.05, 0) is 18.9 Å². The van der Waals surface area contributed by atoms with Crippen molar-refractivity contribution in [3.8, 4) is 0 Å². The summed E-state index contributed by atoms with van der Waals surface area (Å²) in [6, 6.07) is 9.62. The summed E-state index contributed by atoms with van der Waals surface area (Å²) in [7, 11) is 0. The van der Waals surface area contributed by atoms with Gasteiger partial charge in [-0.2, -0.15) is 5.06 Å². The van der Waals surface area contributed by atoms with Crippen LogP contribution in [0.25, 0.3) is 0 Å². The molecule has 1 saturated heterocycles. The van der Waals surface area contributed by atoms with Crippen molar-refractivity contribution in [2.75, 3.05) is 0 Å². The molecule has 1 aromatic carbocycles. The lowest BCUT2D eigenvalue weighted by Gasteiger charge is -2.49. The molecular weight excluding hydrogens is 230 g/mol. The normalized spacial score (nSPS) is 28.7. The van der Waals surface area contributed by atoms with Crippen molar-refractivity contribution in [1.29, 1.82) is 0 Å². The smallest absolute Gasteiger partial charge is 0.434 e. The molecule has 0 N–H and O–H groups in total. The Balaban J connectivity index is 1.56. The molecule has 0 saturated carbocycles. The van der Waals surface area contributed by atoms with Crippen LogP contribution in [0, 0.1) is 0 Å². The van der Waals surface area contributed by atoms with E-state index in [-0.39, 0.29) is 18.2 Å². The van der Waals surface area contributed by atoms with Gasteiger partial charge >= 0.3 is 6.09 Å². The SMILES string of the molecule is CC12CC=CC1N(C(=O)OCc1ccccc1)O2. The summed E-state index contributed by atoms with van der Waals surface area (Å²) in [5.74, 6) is 0. The first-order chi connectivity index (χ1) is 8.69. The summed E-state index contributed by atoms with van der Waals surface area (Å²) in [6.07, 6.45) is 4.45. The summed E-state index contributed by atoms with van der Waals surface area (Å²) in [5, 5.41) is 1.31. The standard InChI is InChI=1S/C14H15NO3/c1-14-9-5-8-12(14)15(18-14)13(16)17-10-11-6-3-2-4-7-11/h2-8,12H,9-10H2,1H3. The van der Waals surface area contributed by atoms with E-state index in [0.29, 0.717) is 0 Å². The molecule has 2 aliphatic rings. The third-order valence-electron chi connectivity index (χ3n) is 3.41. The van der Waals surface area contributed by atoms with Crippen LogP contribution in [0.3, 0.4) is 0 Å². The lowest BCUT2D eigenvalue weighted by molar-refractivity contribution is -0.342. The average molecular weight is 245 g/mol. The predicted octanol–water partition coefficient (Wildman–Crippen LogP) is 2.66. The van der Waals surface area contributed by atoms with E-state index >= 15 is 0 Å². The van der Waals surface area contributed by atoms with Gasteiger partial charge in [-0.25, -0.2) is 4.79 Å². The zero-order valence-corrected chi connectivity index (χ0v) is 10.2. The molecule has 1 aliphatic heterocycles. The Bertz CT molecular complexity index is 485. The number of ether oxygens (including phenoxy) is 1. The number of carbonyl (C=O) groups is 1. The third kappa shape index (κ3) is 1.78. The average Bonchev–Trinajstić information content (AvgIpc) is 2.66. The van der Waals surface area contributed by atoms with E-state index in [2.05, 4.69) is 0 Å². The van der Waals surface area contributed by atoms with Gasteiger partial charge in [0.05, 0.1) is 0 Å². The van der Waals surface area contributed by atoms with Crippen LogP contribution < -0.4 is 0 Å². The number of benzene rings is 1. The van der Waals surface area contributed by atoms with Crippen LogP contribution in [-0.4, -0.2) is 22.8 Å². The van der Waals surface area contributed by atoms with Gasteiger partial charge in [0.1, 0.15) is 18.2 Å². The fraction of sp³-hybridized carbons (Fsp3) is 0.357. The van der Waals surface area contributed by atoms with E-state index in [1.807, 2.05) is 49.4 Å². The molecule has 4 heteroatoms. The second-order valence-corrected chi connectivity index (χ2v) is 4.85. The van der Waals surface area contributed by atoms with Gasteiger partial charge in [-0.1, -0.05) is 42.5 Å². The van der Waals surface area contributed by atoms with E-state index in [1.54, 1.807) is 0 Å². The van der Waals surface area contributed by atoms with Crippen molar-refractivity contribution in [3.05, 3.63) is 48.0 Å². The highest BCUT2D eigenvalue weighted by Gasteiger charge is 2.55. The predicted molar refractivity (Wildman–Crippen MR) is 65.5 cm³/mol. The van der Waals surface area contributed by atoms with Crippen molar-refractivity contribution in [1.82, 2.24) is 5.06 Å². The molecule has 1 fully saturated rings. The second kappa shape index (κ2) is 4.14. The molecule has 4 nitrogen and oxygen atoms in total. The third-order valence-corrected chi connectivity index (χ3v) is 3.41. The molecule has 1 aromatic rings. The molecule has 0 radical (unpaired) electrons. The number of hydroxylamine groups is 2. The van der Waals surface area contributed by atoms with E-state index in [4.69, 9.17) is 9.57 Å². The Kier molecular flexibility index (Phi) is 2.59. The molecule has 94 valence electrons. The van der Waals surface area contributed by atoms with Crippen LogP contribution in [0.2, 0.25) is 0 Å². The molecule has 18 heavy (non-hydrogen) atoms. The van der Waals surface area contributed by atoms with Crippen molar-refractivity contribution in [2.24, 2.45) is 0 Å². The summed E-state index contributed by atoms with van der Waals surface area (Å²) in [6.45, 7) is 2.27. The Morgan fingerprint density at radius 1 is 1.50 bits per heavy atom. The molecule has 1 heterocycles. The van der Waals surface area contributed by atoms with E-state index in [0.717, 1.165) is 12.0 Å². The van der Waals surface area contributed by atoms with Crippen molar-refractivity contribution in [3.63, 3.8) is 0 Å². The number of nitrogens with zero attached hydrogens (tertiary/aromatic N) is 1. The Morgan fingerprint density at radius 3 is 3.00 bits per heavy atom. The molecule has 1 amide bonds.